The number of benzene rings is 1. The molecule has 4 nitrogen and oxygen atoms in total. The van der Waals surface area contributed by atoms with Crippen LogP contribution < -0.4 is 10.6 Å². The van der Waals surface area contributed by atoms with E-state index in [-0.39, 0.29) is 6.03 Å². The maximum Gasteiger partial charge on any atom is 0.321 e. The summed E-state index contributed by atoms with van der Waals surface area (Å²) in [4.78, 5) is 17.1. The van der Waals surface area contributed by atoms with Gasteiger partial charge in [-0.1, -0.05) is 29.8 Å². The Morgan fingerprint density at radius 2 is 2.11 bits per heavy atom. The number of hydrogen-bond acceptors (Lipinski definition) is 3. The van der Waals surface area contributed by atoms with Gasteiger partial charge in [-0.15, -0.1) is 11.3 Å². The summed E-state index contributed by atoms with van der Waals surface area (Å²) in [7, 11) is 0. The number of rotatable bonds is 3. The third-order valence-corrected chi connectivity index (χ3v) is 4.00. The fourth-order valence-corrected chi connectivity index (χ4v) is 2.50. The molecule has 1 aromatic heterocycles. The minimum atomic E-state index is -0.284. The van der Waals surface area contributed by atoms with Gasteiger partial charge in [0.25, 0.3) is 0 Å². The Bertz CT molecular complexity index is 578. The van der Waals surface area contributed by atoms with Gasteiger partial charge in [-0.05, 0) is 25.5 Å². The molecule has 6 heteroatoms. The van der Waals surface area contributed by atoms with Crippen LogP contribution >= 0.6 is 22.9 Å². The molecule has 100 valence electrons. The Morgan fingerprint density at radius 3 is 2.74 bits per heavy atom. The molecule has 19 heavy (non-hydrogen) atoms. The molecule has 2 N–H and O–H groups in total. The van der Waals surface area contributed by atoms with Crippen molar-refractivity contribution in [2.45, 2.75) is 20.4 Å². The highest BCUT2D eigenvalue weighted by atomic mass is 35.5. The molecule has 0 saturated heterocycles. The summed E-state index contributed by atoms with van der Waals surface area (Å²) in [6.45, 7) is 4.27. The first-order chi connectivity index (χ1) is 9.06. The van der Waals surface area contributed by atoms with Crippen LogP contribution in [0, 0.1) is 13.8 Å². The average Bonchev–Trinajstić information content (AvgIpc) is 2.67. The molecule has 0 fully saturated rings. The Morgan fingerprint density at radius 1 is 1.37 bits per heavy atom. The van der Waals surface area contributed by atoms with Gasteiger partial charge in [-0.25, -0.2) is 9.78 Å². The predicted octanol–water partition coefficient (Wildman–Crippen LogP) is 3.74. The number of aromatic nitrogens is 1. The lowest BCUT2D eigenvalue weighted by Crippen LogP contribution is -2.28. The fourth-order valence-electron chi connectivity index (χ4n) is 1.48. The summed E-state index contributed by atoms with van der Waals surface area (Å²) < 4.78 is 0. The van der Waals surface area contributed by atoms with Gasteiger partial charge in [-0.2, -0.15) is 0 Å². The van der Waals surface area contributed by atoms with Crippen LogP contribution in [0.3, 0.4) is 0 Å². The second-order valence-electron chi connectivity index (χ2n) is 4.06. The summed E-state index contributed by atoms with van der Waals surface area (Å²) in [6, 6.07) is 7.12. The molecule has 0 atom stereocenters. The minimum absolute atomic E-state index is 0.284. The quantitative estimate of drug-likeness (QED) is 0.906. The van der Waals surface area contributed by atoms with Gasteiger partial charge in [0.1, 0.15) is 0 Å². The molecule has 0 saturated carbocycles. The number of hydrogen-bond donors (Lipinski definition) is 2. The molecule has 2 rings (SSSR count). The maximum absolute atomic E-state index is 11.7. The van der Waals surface area contributed by atoms with Gasteiger partial charge in [0, 0.05) is 16.4 Å². The van der Waals surface area contributed by atoms with Gasteiger partial charge in [0.2, 0.25) is 0 Å². The number of carbonyl (C=O) groups excluding carboxylic acids is 1. The number of nitrogens with one attached hydrogen (secondary N) is 2. The minimum Gasteiger partial charge on any atom is -0.334 e. The summed E-state index contributed by atoms with van der Waals surface area (Å²) >= 11 is 7.47. The first kappa shape index (κ1) is 13.8. The lowest BCUT2D eigenvalue weighted by molar-refractivity contribution is 0.251. The Labute approximate surface area is 120 Å². The van der Waals surface area contributed by atoms with Crippen molar-refractivity contribution in [3.05, 3.63) is 45.4 Å². The number of anilines is 1. The third kappa shape index (κ3) is 3.68. The first-order valence-electron chi connectivity index (χ1n) is 5.78. The van der Waals surface area contributed by atoms with Crippen LogP contribution in [0.4, 0.5) is 9.93 Å². The highest BCUT2D eigenvalue weighted by Crippen LogP contribution is 2.21. The van der Waals surface area contributed by atoms with Gasteiger partial charge in [-0.3, -0.25) is 5.32 Å². The van der Waals surface area contributed by atoms with Crippen LogP contribution in [-0.2, 0) is 6.54 Å². The molecule has 0 unspecified atom stereocenters. The zero-order chi connectivity index (χ0) is 13.8. The van der Waals surface area contributed by atoms with E-state index in [1.54, 1.807) is 6.07 Å². The van der Waals surface area contributed by atoms with E-state index in [4.69, 9.17) is 11.6 Å². The topological polar surface area (TPSA) is 54.0 Å². The van der Waals surface area contributed by atoms with E-state index in [1.165, 1.54) is 11.3 Å². The average molecular weight is 296 g/mol. The smallest absolute Gasteiger partial charge is 0.321 e. The molecule has 0 radical (unpaired) electrons. The summed E-state index contributed by atoms with van der Waals surface area (Å²) in [5.74, 6) is 0. The molecule has 0 aliphatic carbocycles. The number of carbonyl (C=O) groups is 1. The van der Waals surface area contributed by atoms with Crippen LogP contribution in [0.15, 0.2) is 24.3 Å². The van der Waals surface area contributed by atoms with E-state index in [1.807, 2.05) is 32.0 Å². The van der Waals surface area contributed by atoms with Crippen molar-refractivity contribution >= 4 is 34.1 Å². The molecule has 2 aromatic rings. The van der Waals surface area contributed by atoms with Crippen LogP contribution in [0.1, 0.15) is 16.1 Å². The number of urea groups is 1. The number of amides is 2. The number of halogens is 1. The van der Waals surface area contributed by atoms with Crippen molar-refractivity contribution in [1.29, 1.82) is 0 Å². The van der Waals surface area contributed by atoms with Crippen molar-refractivity contribution in [2.24, 2.45) is 0 Å². The van der Waals surface area contributed by atoms with Crippen LogP contribution in [-0.4, -0.2) is 11.0 Å². The molecular weight excluding hydrogens is 282 g/mol. The largest absolute Gasteiger partial charge is 0.334 e. The van der Waals surface area contributed by atoms with E-state index < -0.39 is 0 Å². The second kappa shape index (κ2) is 6.04. The molecule has 0 aliphatic rings. The number of nitrogens with zero attached hydrogens (tertiary/aromatic N) is 1. The van der Waals surface area contributed by atoms with Gasteiger partial charge >= 0.3 is 6.03 Å². The third-order valence-electron chi connectivity index (χ3n) is 2.65. The van der Waals surface area contributed by atoms with E-state index in [9.17, 15) is 4.79 Å². The molecule has 0 spiro atoms. The summed E-state index contributed by atoms with van der Waals surface area (Å²) in [5, 5.41) is 6.70. The lowest BCUT2D eigenvalue weighted by Gasteiger charge is -2.06. The molecule has 0 bridgehead atoms. The van der Waals surface area contributed by atoms with E-state index in [0.29, 0.717) is 16.7 Å². The summed E-state index contributed by atoms with van der Waals surface area (Å²) in [6.07, 6.45) is 0. The first-order valence-corrected chi connectivity index (χ1v) is 6.98. The molecule has 1 heterocycles. The van der Waals surface area contributed by atoms with Crippen molar-refractivity contribution in [3.63, 3.8) is 0 Å². The van der Waals surface area contributed by atoms with E-state index >= 15 is 0 Å². The van der Waals surface area contributed by atoms with Gasteiger partial charge in [0.15, 0.2) is 5.13 Å². The zero-order valence-corrected chi connectivity index (χ0v) is 12.2. The lowest BCUT2D eigenvalue weighted by atomic mass is 10.2. The van der Waals surface area contributed by atoms with Gasteiger partial charge < -0.3 is 5.32 Å². The molecular formula is C13H14ClN3OS. The van der Waals surface area contributed by atoms with E-state index in [0.717, 1.165) is 16.1 Å². The molecule has 2 amide bonds. The number of thiazole rings is 1. The van der Waals surface area contributed by atoms with Crippen molar-refractivity contribution in [3.8, 4) is 0 Å². The SMILES string of the molecule is Cc1nc(NC(=O)NCc2ccccc2Cl)sc1C. The highest BCUT2D eigenvalue weighted by Gasteiger charge is 2.08. The second-order valence-corrected chi connectivity index (χ2v) is 5.67. The normalized spacial score (nSPS) is 10.3. The number of aryl methyl sites for hydroxylation is 2. The fraction of sp³-hybridized carbons (Fsp3) is 0.231. The predicted molar refractivity (Wildman–Crippen MR) is 78.9 cm³/mol. The Balaban J connectivity index is 1.90. The summed E-state index contributed by atoms with van der Waals surface area (Å²) in [5.41, 5.74) is 1.82. The van der Waals surface area contributed by atoms with Crippen molar-refractivity contribution in [1.82, 2.24) is 10.3 Å². The van der Waals surface area contributed by atoms with Crippen molar-refractivity contribution in [2.75, 3.05) is 5.32 Å². The monoisotopic (exact) mass is 295 g/mol. The molecule has 1 aromatic carbocycles. The van der Waals surface area contributed by atoms with Crippen LogP contribution in [0.25, 0.3) is 0 Å². The van der Waals surface area contributed by atoms with Crippen LogP contribution in [0.5, 0.6) is 0 Å². The Kier molecular flexibility index (Phi) is 4.39. The maximum atomic E-state index is 11.7. The standard InChI is InChI=1S/C13H14ClN3OS/c1-8-9(2)19-13(16-8)17-12(18)15-7-10-5-3-4-6-11(10)14/h3-6H,7H2,1-2H3,(H2,15,16,17,18). The van der Waals surface area contributed by atoms with Gasteiger partial charge in [0.05, 0.1) is 5.69 Å². The zero-order valence-electron chi connectivity index (χ0n) is 10.7. The Hall–Kier alpha value is -1.59. The molecule has 0 aliphatic heterocycles. The van der Waals surface area contributed by atoms with Crippen molar-refractivity contribution < 1.29 is 4.79 Å². The van der Waals surface area contributed by atoms with Crippen LogP contribution in [0.2, 0.25) is 5.02 Å². The van der Waals surface area contributed by atoms with E-state index in [2.05, 4.69) is 15.6 Å². The highest BCUT2D eigenvalue weighted by molar-refractivity contribution is 7.15.